The Balaban J connectivity index is 1.97. The van der Waals surface area contributed by atoms with Crippen molar-refractivity contribution in [2.45, 2.75) is 6.92 Å². The largest absolute Gasteiger partial charge is 0.360 e. The van der Waals surface area contributed by atoms with Crippen molar-refractivity contribution in [2.24, 2.45) is 0 Å². The van der Waals surface area contributed by atoms with Gasteiger partial charge in [0.1, 0.15) is 0 Å². The maximum atomic E-state index is 12.4. The van der Waals surface area contributed by atoms with Crippen molar-refractivity contribution in [1.29, 1.82) is 0 Å². The van der Waals surface area contributed by atoms with Crippen LogP contribution in [0.25, 0.3) is 16.5 Å². The van der Waals surface area contributed by atoms with Gasteiger partial charge >= 0.3 is 0 Å². The van der Waals surface area contributed by atoms with Crippen molar-refractivity contribution in [3.63, 3.8) is 0 Å². The molecular formula is C18H15NO. The van der Waals surface area contributed by atoms with E-state index >= 15 is 0 Å². The van der Waals surface area contributed by atoms with Crippen molar-refractivity contribution in [3.05, 3.63) is 78.0 Å². The highest BCUT2D eigenvalue weighted by atomic mass is 16.1. The summed E-state index contributed by atoms with van der Waals surface area (Å²) in [6, 6.07) is 17.8. The number of ketones is 1. The highest BCUT2D eigenvalue weighted by Gasteiger charge is 2.09. The van der Waals surface area contributed by atoms with E-state index in [1.807, 2.05) is 61.5 Å². The molecule has 1 N–H and O–H groups in total. The summed E-state index contributed by atoms with van der Waals surface area (Å²) < 4.78 is 0. The molecule has 98 valence electrons. The monoisotopic (exact) mass is 261 g/mol. The van der Waals surface area contributed by atoms with E-state index < -0.39 is 0 Å². The minimum Gasteiger partial charge on any atom is -0.360 e. The van der Waals surface area contributed by atoms with E-state index in [1.54, 1.807) is 12.3 Å². The molecule has 2 nitrogen and oxygen atoms in total. The van der Waals surface area contributed by atoms with Crippen LogP contribution in [0, 0.1) is 0 Å². The summed E-state index contributed by atoms with van der Waals surface area (Å²) in [7, 11) is 0. The van der Waals surface area contributed by atoms with E-state index in [4.69, 9.17) is 0 Å². The third-order valence-corrected chi connectivity index (χ3v) is 3.43. The summed E-state index contributed by atoms with van der Waals surface area (Å²) >= 11 is 0. The number of allylic oxidation sites excluding steroid dienone is 2. The van der Waals surface area contributed by atoms with Crippen molar-refractivity contribution >= 4 is 22.3 Å². The quantitative estimate of drug-likeness (QED) is 0.548. The molecule has 3 rings (SSSR count). The summed E-state index contributed by atoms with van der Waals surface area (Å²) in [6.45, 7) is 1.96. The van der Waals surface area contributed by atoms with Gasteiger partial charge in [0, 0.05) is 22.7 Å². The van der Waals surface area contributed by atoms with Crippen LogP contribution in [-0.4, -0.2) is 10.8 Å². The number of nitrogens with one attached hydrogen (secondary N) is 1. The van der Waals surface area contributed by atoms with Gasteiger partial charge in [0.2, 0.25) is 0 Å². The van der Waals surface area contributed by atoms with Crippen LogP contribution in [0.1, 0.15) is 22.8 Å². The number of aromatic amines is 1. The zero-order chi connectivity index (χ0) is 13.9. The van der Waals surface area contributed by atoms with Gasteiger partial charge in [0.05, 0.1) is 0 Å². The molecule has 1 heterocycles. The number of aromatic nitrogens is 1. The first kappa shape index (κ1) is 12.4. The fraction of sp³-hybridized carbons (Fsp3) is 0.0556. The third kappa shape index (κ3) is 2.28. The lowest BCUT2D eigenvalue weighted by atomic mass is 10.0. The summed E-state index contributed by atoms with van der Waals surface area (Å²) in [5, 5.41) is 0.967. The fourth-order valence-corrected chi connectivity index (χ4v) is 2.33. The number of fused-ring (bicyclic) bond motifs is 1. The summed E-state index contributed by atoms with van der Waals surface area (Å²) in [5.41, 5.74) is 3.75. The molecular weight excluding hydrogens is 246 g/mol. The molecule has 0 aliphatic rings. The molecule has 0 fully saturated rings. The predicted octanol–water partition coefficient (Wildman–Crippen LogP) is 4.45. The van der Waals surface area contributed by atoms with Gasteiger partial charge < -0.3 is 4.98 Å². The first-order chi connectivity index (χ1) is 9.75. The van der Waals surface area contributed by atoms with Gasteiger partial charge in [-0.1, -0.05) is 48.5 Å². The van der Waals surface area contributed by atoms with Crippen LogP contribution in [0.3, 0.4) is 0 Å². The Bertz CT molecular complexity index is 781. The number of carbonyl (C=O) groups is 1. The molecule has 0 spiro atoms. The molecule has 0 saturated heterocycles. The standard InChI is InChI=1S/C18H15NO/c1-13(14-7-3-2-4-8-14)11-18(20)16-12-19-17-10-6-5-9-15(16)17/h2-12,19H,1H3/b13-11+. The van der Waals surface area contributed by atoms with Crippen LogP contribution in [0.5, 0.6) is 0 Å². The van der Waals surface area contributed by atoms with E-state index in [2.05, 4.69) is 4.98 Å². The lowest BCUT2D eigenvalue weighted by Gasteiger charge is -2.00. The van der Waals surface area contributed by atoms with Crippen LogP contribution < -0.4 is 0 Å². The molecule has 0 bridgehead atoms. The Labute approximate surface area is 117 Å². The minimum atomic E-state index is 0.0313. The number of hydrogen-bond donors (Lipinski definition) is 1. The van der Waals surface area contributed by atoms with Crippen molar-refractivity contribution in [2.75, 3.05) is 0 Å². The molecule has 1 aromatic heterocycles. The highest BCUT2D eigenvalue weighted by Crippen LogP contribution is 2.20. The van der Waals surface area contributed by atoms with Crippen LogP contribution in [0.15, 0.2) is 66.9 Å². The number of carbonyl (C=O) groups excluding carboxylic acids is 1. The third-order valence-electron chi connectivity index (χ3n) is 3.43. The second-order valence-corrected chi connectivity index (χ2v) is 4.81. The molecule has 0 aliphatic carbocycles. The first-order valence-electron chi connectivity index (χ1n) is 6.60. The molecule has 0 saturated carbocycles. The maximum absolute atomic E-state index is 12.4. The molecule has 2 heteroatoms. The van der Waals surface area contributed by atoms with Gasteiger partial charge in [0.15, 0.2) is 5.78 Å². The average molecular weight is 261 g/mol. The molecule has 20 heavy (non-hydrogen) atoms. The molecule has 0 atom stereocenters. The van der Waals surface area contributed by atoms with Crippen LogP contribution in [-0.2, 0) is 0 Å². The van der Waals surface area contributed by atoms with Gasteiger partial charge in [-0.2, -0.15) is 0 Å². The Hall–Kier alpha value is -2.61. The smallest absolute Gasteiger partial charge is 0.188 e. The zero-order valence-electron chi connectivity index (χ0n) is 11.3. The number of rotatable bonds is 3. The second kappa shape index (κ2) is 5.17. The predicted molar refractivity (Wildman–Crippen MR) is 82.7 cm³/mol. The first-order valence-corrected chi connectivity index (χ1v) is 6.60. The number of hydrogen-bond acceptors (Lipinski definition) is 1. The van der Waals surface area contributed by atoms with Gasteiger partial charge in [-0.25, -0.2) is 0 Å². The fourth-order valence-electron chi connectivity index (χ4n) is 2.33. The van der Waals surface area contributed by atoms with E-state index in [1.165, 1.54) is 0 Å². The van der Waals surface area contributed by atoms with E-state index in [0.717, 1.165) is 27.6 Å². The Morgan fingerprint density at radius 3 is 2.50 bits per heavy atom. The van der Waals surface area contributed by atoms with Gasteiger partial charge in [-0.15, -0.1) is 0 Å². The Kier molecular flexibility index (Phi) is 3.21. The van der Waals surface area contributed by atoms with Gasteiger partial charge in [-0.3, -0.25) is 4.79 Å². The van der Waals surface area contributed by atoms with E-state index in [0.29, 0.717) is 0 Å². The summed E-state index contributed by atoms with van der Waals surface area (Å²) in [6.07, 6.45) is 3.48. The average Bonchev–Trinajstić information content (AvgIpc) is 2.92. The van der Waals surface area contributed by atoms with Crippen LogP contribution in [0.2, 0.25) is 0 Å². The molecule has 0 radical (unpaired) electrons. The highest BCUT2D eigenvalue weighted by molar-refractivity contribution is 6.15. The van der Waals surface area contributed by atoms with E-state index in [9.17, 15) is 4.79 Å². The SMILES string of the molecule is C/C(=C\C(=O)c1c[nH]c2ccccc12)c1ccccc1. The van der Waals surface area contributed by atoms with Crippen molar-refractivity contribution < 1.29 is 4.79 Å². The van der Waals surface area contributed by atoms with Crippen LogP contribution in [0.4, 0.5) is 0 Å². The van der Waals surface area contributed by atoms with Crippen LogP contribution >= 0.6 is 0 Å². The zero-order valence-corrected chi connectivity index (χ0v) is 11.3. The molecule has 0 amide bonds. The molecule has 0 aliphatic heterocycles. The van der Waals surface area contributed by atoms with Gasteiger partial charge in [0.25, 0.3) is 0 Å². The second-order valence-electron chi connectivity index (χ2n) is 4.81. The summed E-state index contributed by atoms with van der Waals surface area (Å²) in [5.74, 6) is 0.0313. The lowest BCUT2D eigenvalue weighted by molar-refractivity contribution is 0.104. The Morgan fingerprint density at radius 1 is 1.00 bits per heavy atom. The van der Waals surface area contributed by atoms with Gasteiger partial charge in [-0.05, 0) is 30.2 Å². The topological polar surface area (TPSA) is 32.9 Å². The number of benzene rings is 2. The molecule has 3 aromatic rings. The van der Waals surface area contributed by atoms with Crippen molar-refractivity contribution in [1.82, 2.24) is 4.98 Å². The summed E-state index contributed by atoms with van der Waals surface area (Å²) in [4.78, 5) is 15.5. The molecule has 2 aromatic carbocycles. The maximum Gasteiger partial charge on any atom is 0.188 e. The normalized spacial score (nSPS) is 11.8. The number of H-pyrrole nitrogens is 1. The molecule has 0 unspecified atom stereocenters. The minimum absolute atomic E-state index is 0.0313. The van der Waals surface area contributed by atoms with Crippen molar-refractivity contribution in [3.8, 4) is 0 Å². The lowest BCUT2D eigenvalue weighted by Crippen LogP contribution is -1.94. The Morgan fingerprint density at radius 2 is 1.70 bits per heavy atom. The number of para-hydroxylation sites is 1. The van der Waals surface area contributed by atoms with E-state index in [-0.39, 0.29) is 5.78 Å².